The highest BCUT2D eigenvalue weighted by Gasteiger charge is 2.31. The van der Waals surface area contributed by atoms with Crippen molar-refractivity contribution in [1.82, 2.24) is 25.2 Å². The van der Waals surface area contributed by atoms with E-state index in [-0.39, 0.29) is 37.6 Å². The number of carbonyl (C=O) groups excluding carboxylic acids is 2. The quantitative estimate of drug-likeness (QED) is 0.198. The zero-order chi connectivity index (χ0) is 28.3. The van der Waals surface area contributed by atoms with Crippen molar-refractivity contribution in [3.8, 4) is 0 Å². The second kappa shape index (κ2) is 11.9. The fraction of sp³-hybridized carbons (Fsp3) is 0.308. The lowest BCUT2D eigenvalue weighted by atomic mass is 9.94. The molecule has 2 aromatic heterocycles. The molecule has 0 atom stereocenters. The Morgan fingerprint density at radius 2 is 1.85 bits per heavy atom. The van der Waals surface area contributed by atoms with Gasteiger partial charge in [0.2, 0.25) is 0 Å². The lowest BCUT2D eigenvalue weighted by molar-refractivity contribution is 0.0923. The summed E-state index contributed by atoms with van der Waals surface area (Å²) in [5.41, 5.74) is 2.05. The van der Waals surface area contributed by atoms with E-state index in [4.69, 9.17) is 0 Å². The molecule has 1 saturated carbocycles. The molecule has 0 bridgehead atoms. The largest absolute Gasteiger partial charge is 0.325 e. The predicted molar refractivity (Wildman–Crippen MR) is 152 cm³/mol. The minimum absolute atomic E-state index is 0.0247. The van der Waals surface area contributed by atoms with Gasteiger partial charge in [0.05, 0.1) is 11.4 Å². The molecule has 0 aliphatic heterocycles. The van der Waals surface area contributed by atoms with Gasteiger partial charge in [0.25, 0.3) is 15.0 Å². The lowest BCUT2D eigenvalue weighted by Gasteiger charge is -2.14. The standard InChI is InChI=1S/C26H27N7O4S3/c1-16-12-13-20(19(14-16)22(34)17-8-6-7-9-17)27-24(35)29-25-28-21(15-38-18-10-4-3-5-11-18)23(39-25)40(36,37)26-30-31-32-33(26)2/h3-5,10-14,17H,6-9,15H2,1-2H3,(H2,27,28,29,35). The fourth-order valence-electron chi connectivity index (χ4n) is 4.52. The van der Waals surface area contributed by atoms with E-state index in [1.54, 1.807) is 12.1 Å². The SMILES string of the molecule is Cc1ccc(NC(=O)Nc2nc(CSc3ccccc3)c(S(=O)(=O)c3nnnn3C)s2)c(C(=O)C2CCCC2)c1. The zero-order valence-electron chi connectivity index (χ0n) is 21.8. The number of nitrogens with one attached hydrogen (secondary N) is 2. The van der Waals surface area contributed by atoms with Gasteiger partial charge in [-0.15, -0.1) is 11.8 Å². The van der Waals surface area contributed by atoms with Crippen LogP contribution in [-0.2, 0) is 22.6 Å². The molecular weight excluding hydrogens is 571 g/mol. The summed E-state index contributed by atoms with van der Waals surface area (Å²) in [5, 5.41) is 15.9. The summed E-state index contributed by atoms with van der Waals surface area (Å²) < 4.78 is 27.9. The summed E-state index contributed by atoms with van der Waals surface area (Å²) in [6, 6.07) is 14.2. The number of Topliss-reactive ketones (excluding diaryl/α,β-unsaturated/α-hetero) is 1. The maximum Gasteiger partial charge on any atom is 0.325 e. The molecule has 11 nitrogen and oxygen atoms in total. The van der Waals surface area contributed by atoms with Crippen molar-refractivity contribution >= 4 is 55.6 Å². The van der Waals surface area contributed by atoms with Crippen molar-refractivity contribution < 1.29 is 18.0 Å². The molecule has 40 heavy (non-hydrogen) atoms. The minimum atomic E-state index is -4.11. The minimum Gasteiger partial charge on any atom is -0.307 e. The third kappa shape index (κ3) is 6.08. The Hall–Kier alpha value is -3.62. The maximum atomic E-state index is 13.4. The molecule has 208 valence electrons. The number of nitrogens with zero attached hydrogens (tertiary/aromatic N) is 5. The Labute approximate surface area is 239 Å². The fourth-order valence-corrected chi connectivity index (χ4v) is 8.30. The van der Waals surface area contributed by atoms with Gasteiger partial charge in [-0.25, -0.2) is 22.9 Å². The topological polar surface area (TPSA) is 149 Å². The molecule has 2 amide bonds. The van der Waals surface area contributed by atoms with Gasteiger partial charge in [-0.2, -0.15) is 0 Å². The van der Waals surface area contributed by atoms with Crippen molar-refractivity contribution in [1.29, 1.82) is 0 Å². The molecule has 1 aliphatic rings. The number of carbonyl (C=O) groups is 2. The monoisotopic (exact) mass is 597 g/mol. The number of anilines is 2. The molecule has 4 aromatic rings. The Morgan fingerprint density at radius 1 is 1.10 bits per heavy atom. The van der Waals surface area contributed by atoms with Crippen LogP contribution in [0, 0.1) is 12.8 Å². The number of amides is 2. The first-order valence-corrected chi connectivity index (χ1v) is 15.9. The van der Waals surface area contributed by atoms with Crippen molar-refractivity contribution in [3.05, 3.63) is 65.4 Å². The molecule has 2 N–H and O–H groups in total. The average molecular weight is 598 g/mol. The van der Waals surface area contributed by atoms with Crippen LogP contribution >= 0.6 is 23.1 Å². The first-order chi connectivity index (χ1) is 19.2. The van der Waals surface area contributed by atoms with E-state index >= 15 is 0 Å². The van der Waals surface area contributed by atoms with Gasteiger partial charge in [0.15, 0.2) is 15.1 Å². The van der Waals surface area contributed by atoms with E-state index < -0.39 is 15.9 Å². The molecule has 2 heterocycles. The van der Waals surface area contributed by atoms with E-state index in [1.807, 2.05) is 43.3 Å². The number of aryl methyl sites for hydroxylation is 2. The summed E-state index contributed by atoms with van der Waals surface area (Å²) in [7, 11) is -2.68. The van der Waals surface area contributed by atoms with Crippen LogP contribution in [0.3, 0.4) is 0 Å². The van der Waals surface area contributed by atoms with Crippen LogP contribution in [0.15, 0.2) is 62.8 Å². The highest BCUT2D eigenvalue weighted by molar-refractivity contribution is 7.98. The van der Waals surface area contributed by atoms with Gasteiger partial charge < -0.3 is 5.32 Å². The number of aromatic nitrogens is 5. The van der Waals surface area contributed by atoms with Crippen LogP contribution in [0.1, 0.15) is 47.3 Å². The van der Waals surface area contributed by atoms with Gasteiger partial charge in [-0.05, 0) is 54.5 Å². The van der Waals surface area contributed by atoms with E-state index in [0.29, 0.717) is 11.3 Å². The molecule has 2 aromatic carbocycles. The van der Waals surface area contributed by atoms with Crippen molar-refractivity contribution in [3.63, 3.8) is 0 Å². The number of sulfone groups is 1. The number of hydrogen-bond donors (Lipinski definition) is 2. The first-order valence-electron chi connectivity index (χ1n) is 12.6. The van der Waals surface area contributed by atoms with Crippen molar-refractivity contribution in [2.75, 3.05) is 10.6 Å². The highest BCUT2D eigenvalue weighted by atomic mass is 32.2. The van der Waals surface area contributed by atoms with Crippen molar-refractivity contribution in [2.24, 2.45) is 13.0 Å². The number of tetrazole rings is 1. The molecule has 1 aliphatic carbocycles. The number of rotatable bonds is 9. The number of thiazole rings is 1. The highest BCUT2D eigenvalue weighted by Crippen LogP contribution is 2.35. The van der Waals surface area contributed by atoms with Gasteiger partial charge in [0, 0.05) is 29.2 Å². The first kappa shape index (κ1) is 27.9. The van der Waals surface area contributed by atoms with Crippen LogP contribution in [0.2, 0.25) is 0 Å². The van der Waals surface area contributed by atoms with Crippen LogP contribution in [-0.4, -0.2) is 45.4 Å². The van der Waals surface area contributed by atoms with Crippen LogP contribution < -0.4 is 10.6 Å². The van der Waals surface area contributed by atoms with Crippen molar-refractivity contribution in [2.45, 2.75) is 52.6 Å². The smallest absolute Gasteiger partial charge is 0.307 e. The number of urea groups is 1. The number of ketones is 1. The van der Waals surface area contributed by atoms with Crippen LogP contribution in [0.5, 0.6) is 0 Å². The molecule has 0 unspecified atom stereocenters. The normalized spacial score (nSPS) is 13.8. The molecule has 14 heteroatoms. The third-order valence-electron chi connectivity index (χ3n) is 6.48. The Morgan fingerprint density at radius 3 is 2.55 bits per heavy atom. The second-order valence-electron chi connectivity index (χ2n) is 9.42. The molecule has 0 spiro atoms. The number of thioether (sulfide) groups is 1. The summed E-state index contributed by atoms with van der Waals surface area (Å²) in [6.45, 7) is 1.90. The number of hydrogen-bond acceptors (Lipinski definition) is 10. The Bertz CT molecular complexity index is 1650. The third-order valence-corrected chi connectivity index (χ3v) is 10.8. The molecular formula is C26H27N7O4S3. The van der Waals surface area contributed by atoms with E-state index in [2.05, 4.69) is 31.1 Å². The molecule has 0 saturated heterocycles. The lowest BCUT2D eigenvalue weighted by Crippen LogP contribution is -2.22. The summed E-state index contributed by atoms with van der Waals surface area (Å²) >= 11 is 2.23. The second-order valence-corrected chi connectivity index (χ2v) is 13.5. The van der Waals surface area contributed by atoms with Gasteiger partial charge in [0.1, 0.15) is 0 Å². The van der Waals surface area contributed by atoms with Crippen LogP contribution in [0.4, 0.5) is 15.6 Å². The van der Waals surface area contributed by atoms with E-state index in [0.717, 1.165) is 52.2 Å². The van der Waals surface area contributed by atoms with Gasteiger partial charge in [-0.3, -0.25) is 10.1 Å². The molecule has 0 radical (unpaired) electrons. The van der Waals surface area contributed by atoms with Crippen LogP contribution in [0.25, 0.3) is 0 Å². The molecule has 5 rings (SSSR count). The van der Waals surface area contributed by atoms with Gasteiger partial charge >= 0.3 is 6.03 Å². The number of benzene rings is 2. The molecule has 1 fully saturated rings. The predicted octanol–water partition coefficient (Wildman–Crippen LogP) is 5.12. The maximum absolute atomic E-state index is 13.4. The zero-order valence-corrected chi connectivity index (χ0v) is 24.3. The Balaban J connectivity index is 1.40. The summed E-state index contributed by atoms with van der Waals surface area (Å²) in [4.78, 5) is 31.6. The Kier molecular flexibility index (Phi) is 8.28. The van der Waals surface area contributed by atoms with E-state index in [9.17, 15) is 18.0 Å². The summed E-state index contributed by atoms with van der Waals surface area (Å²) in [5.74, 6) is 0.218. The van der Waals surface area contributed by atoms with Gasteiger partial charge in [-0.1, -0.05) is 59.1 Å². The summed E-state index contributed by atoms with van der Waals surface area (Å²) in [6.07, 6.45) is 3.74. The average Bonchev–Trinajstić information content (AvgIpc) is 3.70. The van der Waals surface area contributed by atoms with E-state index in [1.165, 1.54) is 18.8 Å².